The van der Waals surface area contributed by atoms with Crippen LogP contribution in [0.25, 0.3) is 6.08 Å². The number of hydrogen-bond acceptors (Lipinski definition) is 7. The molecule has 2 aromatic heterocycles. The van der Waals surface area contributed by atoms with E-state index in [-0.39, 0.29) is 12.2 Å². The summed E-state index contributed by atoms with van der Waals surface area (Å²) >= 11 is 1.29. The van der Waals surface area contributed by atoms with E-state index in [4.69, 9.17) is 9.15 Å². The van der Waals surface area contributed by atoms with Crippen LogP contribution in [0.1, 0.15) is 50.6 Å². The van der Waals surface area contributed by atoms with Crippen LogP contribution in [0.15, 0.2) is 61.9 Å². The Morgan fingerprint density at radius 2 is 1.85 bits per heavy atom. The smallest absolute Gasteiger partial charge is 0.338 e. The van der Waals surface area contributed by atoms with Gasteiger partial charge in [0.15, 0.2) is 10.7 Å². The summed E-state index contributed by atoms with van der Waals surface area (Å²) < 4.78 is 13.4. The van der Waals surface area contributed by atoms with Gasteiger partial charge in [0.25, 0.3) is 5.56 Å². The Morgan fingerprint density at radius 1 is 1.15 bits per heavy atom. The molecule has 0 radical (unpaired) electrons. The molecule has 1 aromatic carbocycles. The minimum Gasteiger partial charge on any atom is -0.463 e. The van der Waals surface area contributed by atoms with Crippen LogP contribution in [0, 0.1) is 6.92 Å². The van der Waals surface area contributed by atoms with Crippen LogP contribution in [0.4, 0.5) is 5.88 Å². The van der Waals surface area contributed by atoms with E-state index in [0.717, 1.165) is 30.1 Å². The zero-order chi connectivity index (χ0) is 24.4. The Morgan fingerprint density at radius 3 is 2.50 bits per heavy atom. The number of carbonyl (C=O) groups excluding carboxylic acids is 1. The quantitative estimate of drug-likeness (QED) is 0.485. The van der Waals surface area contributed by atoms with Crippen LogP contribution in [-0.4, -0.2) is 30.2 Å². The SMILES string of the molecule is CCOC(=O)C1=C(C)N=c2s/c(=C/c3ccc(N(CC)CC)o3)c(=O)n2[C@H]1c1ccc(C)cc1. The van der Waals surface area contributed by atoms with E-state index >= 15 is 0 Å². The molecule has 0 bridgehead atoms. The summed E-state index contributed by atoms with van der Waals surface area (Å²) in [5, 5.41) is 0. The zero-order valence-corrected chi connectivity index (χ0v) is 20.9. The molecular formula is C26H29N3O4S. The number of thiazole rings is 1. The predicted molar refractivity (Wildman–Crippen MR) is 134 cm³/mol. The van der Waals surface area contributed by atoms with Gasteiger partial charge in [0.1, 0.15) is 5.76 Å². The number of esters is 1. The van der Waals surface area contributed by atoms with Crippen LogP contribution < -0.4 is 19.8 Å². The maximum absolute atomic E-state index is 13.6. The van der Waals surface area contributed by atoms with E-state index in [1.54, 1.807) is 24.5 Å². The highest BCUT2D eigenvalue weighted by Crippen LogP contribution is 2.30. The normalized spacial score (nSPS) is 15.8. The summed E-state index contributed by atoms with van der Waals surface area (Å²) in [6.45, 7) is 11.6. The largest absolute Gasteiger partial charge is 0.463 e. The van der Waals surface area contributed by atoms with E-state index in [1.165, 1.54) is 11.3 Å². The Bertz CT molecular complexity index is 1410. The van der Waals surface area contributed by atoms with Gasteiger partial charge in [-0.15, -0.1) is 0 Å². The molecule has 1 atom stereocenters. The van der Waals surface area contributed by atoms with Crippen molar-refractivity contribution in [3.63, 3.8) is 0 Å². The lowest BCUT2D eigenvalue weighted by Gasteiger charge is -2.24. The number of hydrogen-bond donors (Lipinski definition) is 0. The molecule has 0 N–H and O–H groups in total. The lowest BCUT2D eigenvalue weighted by atomic mass is 9.95. The number of aromatic nitrogens is 1. The fourth-order valence-corrected chi connectivity index (χ4v) is 5.14. The maximum atomic E-state index is 13.6. The van der Waals surface area contributed by atoms with Crippen LogP contribution in [0.3, 0.4) is 0 Å². The maximum Gasteiger partial charge on any atom is 0.338 e. The molecule has 0 unspecified atom stereocenters. The Labute approximate surface area is 202 Å². The van der Waals surface area contributed by atoms with Crippen molar-refractivity contribution in [2.45, 2.75) is 40.7 Å². The third kappa shape index (κ3) is 4.37. The summed E-state index contributed by atoms with van der Waals surface area (Å²) in [6, 6.07) is 11.0. The Hall–Kier alpha value is -3.39. The van der Waals surface area contributed by atoms with Crippen LogP contribution in [0.5, 0.6) is 0 Å². The van der Waals surface area contributed by atoms with Gasteiger partial charge in [-0.1, -0.05) is 41.2 Å². The van der Waals surface area contributed by atoms with Gasteiger partial charge in [-0.05, 0) is 46.2 Å². The highest BCUT2D eigenvalue weighted by Gasteiger charge is 2.33. The van der Waals surface area contributed by atoms with Gasteiger partial charge in [0, 0.05) is 25.2 Å². The molecule has 1 aliphatic rings. The highest BCUT2D eigenvalue weighted by molar-refractivity contribution is 7.07. The second-order valence-corrected chi connectivity index (χ2v) is 9.07. The van der Waals surface area contributed by atoms with E-state index in [9.17, 15) is 9.59 Å². The third-order valence-electron chi connectivity index (χ3n) is 5.87. The lowest BCUT2D eigenvalue weighted by Crippen LogP contribution is -2.39. The molecule has 0 spiro atoms. The average Bonchev–Trinajstić information content (AvgIpc) is 3.39. The minimum atomic E-state index is -0.610. The van der Waals surface area contributed by atoms with E-state index < -0.39 is 12.0 Å². The average molecular weight is 480 g/mol. The van der Waals surface area contributed by atoms with Crippen molar-refractivity contribution in [3.05, 3.63) is 84.2 Å². The summed E-state index contributed by atoms with van der Waals surface area (Å²) in [6.07, 6.45) is 1.74. The second-order valence-electron chi connectivity index (χ2n) is 8.06. The number of nitrogens with zero attached hydrogens (tertiary/aromatic N) is 3. The van der Waals surface area contributed by atoms with Crippen molar-refractivity contribution in [2.75, 3.05) is 24.6 Å². The predicted octanol–water partition coefficient (Wildman–Crippen LogP) is 3.55. The van der Waals surface area contributed by atoms with Crippen LogP contribution >= 0.6 is 11.3 Å². The minimum absolute atomic E-state index is 0.218. The molecule has 1 aliphatic heterocycles. The van der Waals surface area contributed by atoms with Crippen LogP contribution in [-0.2, 0) is 9.53 Å². The van der Waals surface area contributed by atoms with Gasteiger partial charge in [-0.3, -0.25) is 9.36 Å². The molecular weight excluding hydrogens is 450 g/mol. The summed E-state index contributed by atoms with van der Waals surface area (Å²) in [5.74, 6) is 0.904. The summed E-state index contributed by atoms with van der Waals surface area (Å²) in [7, 11) is 0. The zero-order valence-electron chi connectivity index (χ0n) is 20.1. The standard InChI is InChI=1S/C26H29N3O4S/c1-6-28(7-2)21-14-13-19(33-21)15-20-24(30)29-23(18-11-9-16(4)10-12-18)22(25(31)32-8-3)17(5)27-26(29)34-20/h9-15,23H,6-8H2,1-5H3/b20-15+/t23-/m0/s1. The van der Waals surface area contributed by atoms with Gasteiger partial charge in [-0.25, -0.2) is 9.79 Å². The number of carbonyl (C=O) groups is 1. The Kier molecular flexibility index (Phi) is 6.88. The summed E-state index contributed by atoms with van der Waals surface area (Å²) in [4.78, 5) is 33.8. The Balaban J connectivity index is 1.87. The topological polar surface area (TPSA) is 77.0 Å². The third-order valence-corrected chi connectivity index (χ3v) is 6.85. The molecule has 8 heteroatoms. The fraction of sp³-hybridized carbons (Fsp3) is 0.346. The van der Waals surface area contributed by atoms with Gasteiger partial charge >= 0.3 is 5.97 Å². The first-order valence-electron chi connectivity index (χ1n) is 11.5. The monoisotopic (exact) mass is 479 g/mol. The van der Waals surface area contributed by atoms with Gasteiger partial charge in [0.05, 0.1) is 28.5 Å². The van der Waals surface area contributed by atoms with Crippen molar-refractivity contribution in [1.29, 1.82) is 0 Å². The molecule has 7 nitrogen and oxygen atoms in total. The molecule has 3 aromatic rings. The fourth-order valence-electron chi connectivity index (χ4n) is 4.11. The first-order chi connectivity index (χ1) is 16.4. The first-order valence-corrected chi connectivity index (χ1v) is 12.3. The summed E-state index contributed by atoms with van der Waals surface area (Å²) in [5.41, 5.74) is 2.64. The van der Waals surface area contributed by atoms with Gasteiger partial charge in [-0.2, -0.15) is 0 Å². The van der Waals surface area contributed by atoms with Crippen molar-refractivity contribution in [2.24, 2.45) is 4.99 Å². The molecule has 4 rings (SSSR count). The van der Waals surface area contributed by atoms with E-state index in [2.05, 4.69) is 23.7 Å². The lowest BCUT2D eigenvalue weighted by molar-refractivity contribution is -0.139. The van der Waals surface area contributed by atoms with E-state index in [1.807, 2.05) is 43.3 Å². The second kappa shape index (κ2) is 9.85. The number of fused-ring (bicyclic) bond motifs is 1. The molecule has 0 aliphatic carbocycles. The number of aryl methyl sites for hydroxylation is 1. The molecule has 34 heavy (non-hydrogen) atoms. The van der Waals surface area contributed by atoms with Crippen molar-refractivity contribution >= 4 is 29.3 Å². The van der Waals surface area contributed by atoms with Crippen molar-refractivity contribution in [1.82, 2.24) is 4.57 Å². The molecule has 0 fully saturated rings. The molecule has 3 heterocycles. The number of benzene rings is 1. The van der Waals surface area contributed by atoms with Crippen molar-refractivity contribution < 1.29 is 13.9 Å². The number of allylic oxidation sites excluding steroid dienone is 1. The number of rotatable bonds is 7. The molecule has 0 saturated carbocycles. The molecule has 178 valence electrons. The van der Waals surface area contributed by atoms with Crippen molar-refractivity contribution in [3.8, 4) is 0 Å². The first kappa shape index (κ1) is 23.8. The number of ether oxygens (including phenoxy) is 1. The number of anilines is 1. The molecule has 0 saturated heterocycles. The molecule has 0 amide bonds. The van der Waals surface area contributed by atoms with E-state index in [0.29, 0.717) is 26.4 Å². The van der Waals surface area contributed by atoms with Crippen LogP contribution in [0.2, 0.25) is 0 Å². The van der Waals surface area contributed by atoms with Gasteiger partial charge in [0.2, 0.25) is 0 Å². The highest BCUT2D eigenvalue weighted by atomic mass is 32.1. The number of furan rings is 1. The van der Waals surface area contributed by atoms with Gasteiger partial charge < -0.3 is 14.1 Å².